The van der Waals surface area contributed by atoms with Gasteiger partial charge in [0, 0.05) is 11.2 Å². The monoisotopic (exact) mass is 413 g/mol. The summed E-state index contributed by atoms with van der Waals surface area (Å²) in [6.45, 7) is 6.45. The van der Waals surface area contributed by atoms with E-state index >= 15 is 0 Å². The average molecular weight is 414 g/mol. The lowest BCUT2D eigenvalue weighted by Crippen LogP contribution is -2.51. The fraction of sp³-hybridized carbons (Fsp3) is 0.526. The number of aryl methyl sites for hydroxylation is 2. The van der Waals surface area contributed by atoms with Crippen LogP contribution in [-0.2, 0) is 11.3 Å². The Morgan fingerprint density at radius 1 is 1.33 bits per heavy atom. The number of nitrogens with one attached hydrogen (secondary N) is 1. The Morgan fingerprint density at radius 3 is 2.70 bits per heavy atom. The number of carbonyl (C=O) groups is 1. The third-order valence-corrected chi connectivity index (χ3v) is 5.06. The van der Waals surface area contributed by atoms with Crippen molar-refractivity contribution >= 4 is 36.4 Å². The molecule has 2 unspecified atom stereocenters. The summed E-state index contributed by atoms with van der Waals surface area (Å²) in [4.78, 5) is 17.0. The lowest BCUT2D eigenvalue weighted by Gasteiger charge is -2.37. The number of hydrogen-bond donors (Lipinski definition) is 2. The standard InChI is InChI=1S/C19H27N5O.2ClH/c1-13-21-14(2)24(23-13)12-15-7-6-8-16(11-15)22-18(25)17-9-4-5-10-19(17,3)20;;/h6-8,11,17H,4-5,9-10,12,20H2,1-3H3,(H,22,25);2*1H. The molecule has 27 heavy (non-hydrogen) atoms. The van der Waals surface area contributed by atoms with Gasteiger partial charge in [0.15, 0.2) is 0 Å². The van der Waals surface area contributed by atoms with E-state index in [0.717, 1.165) is 48.6 Å². The molecular formula is C19H29Cl2N5O. The Hall–Kier alpha value is -1.63. The molecule has 0 saturated heterocycles. The average Bonchev–Trinajstić information content (AvgIpc) is 2.84. The van der Waals surface area contributed by atoms with Gasteiger partial charge >= 0.3 is 0 Å². The van der Waals surface area contributed by atoms with E-state index in [1.165, 1.54) is 0 Å². The highest BCUT2D eigenvalue weighted by atomic mass is 35.5. The molecule has 1 aromatic carbocycles. The molecule has 8 heteroatoms. The lowest BCUT2D eigenvalue weighted by molar-refractivity contribution is -0.122. The van der Waals surface area contributed by atoms with Gasteiger partial charge in [-0.05, 0) is 51.3 Å². The fourth-order valence-electron chi connectivity index (χ4n) is 3.65. The third-order valence-electron chi connectivity index (χ3n) is 5.06. The minimum Gasteiger partial charge on any atom is -0.326 e. The second kappa shape index (κ2) is 9.53. The summed E-state index contributed by atoms with van der Waals surface area (Å²) in [5.74, 6) is 1.54. The molecule has 1 amide bonds. The van der Waals surface area contributed by atoms with Crippen LogP contribution in [0.3, 0.4) is 0 Å². The first-order chi connectivity index (χ1) is 11.8. The maximum atomic E-state index is 12.7. The van der Waals surface area contributed by atoms with Gasteiger partial charge in [-0.1, -0.05) is 25.0 Å². The van der Waals surface area contributed by atoms with Crippen molar-refractivity contribution in [2.45, 2.75) is 58.5 Å². The largest absolute Gasteiger partial charge is 0.326 e. The lowest BCUT2D eigenvalue weighted by atomic mass is 9.74. The van der Waals surface area contributed by atoms with Gasteiger partial charge in [-0.2, -0.15) is 5.10 Å². The quantitative estimate of drug-likeness (QED) is 0.800. The Labute approximate surface area is 173 Å². The van der Waals surface area contributed by atoms with E-state index in [0.29, 0.717) is 6.54 Å². The number of rotatable bonds is 4. The van der Waals surface area contributed by atoms with Crippen molar-refractivity contribution in [1.82, 2.24) is 14.8 Å². The summed E-state index contributed by atoms with van der Waals surface area (Å²) < 4.78 is 1.87. The van der Waals surface area contributed by atoms with E-state index in [-0.39, 0.29) is 36.6 Å². The van der Waals surface area contributed by atoms with Crippen molar-refractivity contribution in [3.8, 4) is 0 Å². The summed E-state index contributed by atoms with van der Waals surface area (Å²) in [6, 6.07) is 7.88. The molecule has 150 valence electrons. The summed E-state index contributed by atoms with van der Waals surface area (Å²) >= 11 is 0. The van der Waals surface area contributed by atoms with Gasteiger partial charge in [0.2, 0.25) is 5.91 Å². The molecule has 6 nitrogen and oxygen atoms in total. The molecule has 1 aliphatic rings. The smallest absolute Gasteiger partial charge is 0.229 e. The van der Waals surface area contributed by atoms with Crippen LogP contribution < -0.4 is 11.1 Å². The van der Waals surface area contributed by atoms with Gasteiger partial charge in [0.1, 0.15) is 11.6 Å². The van der Waals surface area contributed by atoms with Crippen LogP contribution in [0.1, 0.15) is 49.8 Å². The van der Waals surface area contributed by atoms with Crippen LogP contribution in [0.5, 0.6) is 0 Å². The van der Waals surface area contributed by atoms with E-state index < -0.39 is 5.54 Å². The third kappa shape index (κ3) is 5.67. The molecule has 0 radical (unpaired) electrons. The van der Waals surface area contributed by atoms with Gasteiger partial charge in [-0.3, -0.25) is 4.79 Å². The maximum Gasteiger partial charge on any atom is 0.229 e. The van der Waals surface area contributed by atoms with E-state index in [9.17, 15) is 4.79 Å². The van der Waals surface area contributed by atoms with Crippen LogP contribution in [0, 0.1) is 19.8 Å². The molecule has 1 fully saturated rings. The zero-order valence-corrected chi connectivity index (χ0v) is 17.7. The molecular weight excluding hydrogens is 385 g/mol. The molecule has 1 aliphatic carbocycles. The first-order valence-corrected chi connectivity index (χ1v) is 8.92. The summed E-state index contributed by atoms with van der Waals surface area (Å²) in [6.07, 6.45) is 3.92. The summed E-state index contributed by atoms with van der Waals surface area (Å²) in [7, 11) is 0. The Kier molecular flexibility index (Phi) is 8.26. The van der Waals surface area contributed by atoms with E-state index in [1.807, 2.05) is 49.7 Å². The molecule has 2 aromatic rings. The van der Waals surface area contributed by atoms with Gasteiger partial charge < -0.3 is 11.1 Å². The highest BCUT2D eigenvalue weighted by molar-refractivity contribution is 5.93. The highest BCUT2D eigenvalue weighted by Crippen LogP contribution is 2.32. The van der Waals surface area contributed by atoms with Crippen LogP contribution >= 0.6 is 24.8 Å². The zero-order valence-electron chi connectivity index (χ0n) is 16.1. The van der Waals surface area contributed by atoms with Gasteiger partial charge in [0.05, 0.1) is 12.5 Å². The molecule has 0 bridgehead atoms. The van der Waals surface area contributed by atoms with Crippen LogP contribution in [0.25, 0.3) is 0 Å². The fourth-order valence-corrected chi connectivity index (χ4v) is 3.65. The number of carbonyl (C=O) groups excluding carboxylic acids is 1. The summed E-state index contributed by atoms with van der Waals surface area (Å²) in [5.41, 5.74) is 7.81. The molecule has 1 aromatic heterocycles. The summed E-state index contributed by atoms with van der Waals surface area (Å²) in [5, 5.41) is 7.44. The van der Waals surface area contributed by atoms with Crippen molar-refractivity contribution in [3.05, 3.63) is 41.5 Å². The Balaban J connectivity index is 0.00000182. The van der Waals surface area contributed by atoms with Crippen LogP contribution in [0.2, 0.25) is 0 Å². The Morgan fingerprint density at radius 2 is 2.07 bits per heavy atom. The van der Waals surface area contributed by atoms with Crippen molar-refractivity contribution in [1.29, 1.82) is 0 Å². The van der Waals surface area contributed by atoms with E-state index in [1.54, 1.807) is 0 Å². The predicted octanol–water partition coefficient (Wildman–Crippen LogP) is 3.63. The minimum absolute atomic E-state index is 0. The van der Waals surface area contributed by atoms with Crippen molar-refractivity contribution < 1.29 is 4.79 Å². The molecule has 3 rings (SSSR count). The van der Waals surface area contributed by atoms with E-state index in [2.05, 4.69) is 15.4 Å². The first-order valence-electron chi connectivity index (χ1n) is 8.92. The molecule has 1 heterocycles. The van der Waals surface area contributed by atoms with E-state index in [4.69, 9.17) is 5.73 Å². The van der Waals surface area contributed by atoms with Crippen LogP contribution in [0.15, 0.2) is 24.3 Å². The predicted molar refractivity (Wildman–Crippen MR) is 113 cm³/mol. The highest BCUT2D eigenvalue weighted by Gasteiger charge is 2.37. The molecule has 0 spiro atoms. The molecule has 2 atom stereocenters. The Bertz CT molecular complexity index is 775. The number of nitrogens with zero attached hydrogens (tertiary/aromatic N) is 3. The molecule has 1 saturated carbocycles. The second-order valence-corrected chi connectivity index (χ2v) is 7.36. The van der Waals surface area contributed by atoms with Crippen molar-refractivity contribution in [3.63, 3.8) is 0 Å². The van der Waals surface area contributed by atoms with Gasteiger partial charge in [0.25, 0.3) is 0 Å². The number of anilines is 1. The first kappa shape index (κ1) is 23.4. The number of aromatic nitrogens is 3. The maximum absolute atomic E-state index is 12.7. The minimum atomic E-state index is -0.421. The molecule has 3 N–H and O–H groups in total. The number of hydrogen-bond acceptors (Lipinski definition) is 4. The van der Waals surface area contributed by atoms with Gasteiger partial charge in [-0.15, -0.1) is 24.8 Å². The van der Waals surface area contributed by atoms with Crippen molar-refractivity contribution in [2.24, 2.45) is 11.7 Å². The van der Waals surface area contributed by atoms with Gasteiger partial charge in [-0.25, -0.2) is 9.67 Å². The SMILES string of the molecule is Cc1nc(C)n(Cc2cccc(NC(=O)C3CCCCC3(C)N)c2)n1.Cl.Cl. The topological polar surface area (TPSA) is 85.8 Å². The zero-order chi connectivity index (χ0) is 18.0. The molecule has 0 aliphatic heterocycles. The van der Waals surface area contributed by atoms with Crippen molar-refractivity contribution in [2.75, 3.05) is 5.32 Å². The second-order valence-electron chi connectivity index (χ2n) is 7.36. The number of nitrogens with two attached hydrogens (primary N) is 1. The number of benzene rings is 1. The van der Waals surface area contributed by atoms with Crippen LogP contribution in [-0.4, -0.2) is 26.2 Å². The van der Waals surface area contributed by atoms with Crippen LogP contribution in [0.4, 0.5) is 5.69 Å². The number of amides is 1. The number of halogens is 2. The normalized spacial score (nSPS) is 21.7.